The summed E-state index contributed by atoms with van der Waals surface area (Å²) in [6, 6.07) is 0.459. The molecule has 6 heteroatoms. The van der Waals surface area contributed by atoms with Gasteiger partial charge in [-0.3, -0.25) is 0 Å². The fourth-order valence-corrected chi connectivity index (χ4v) is 2.68. The lowest BCUT2D eigenvalue weighted by molar-refractivity contribution is 0.691. The quantitative estimate of drug-likeness (QED) is 0.944. The number of nitrogens with zero attached hydrogens (tertiary/aromatic N) is 4. The second-order valence-electron chi connectivity index (χ2n) is 4.61. The molecule has 1 aliphatic rings. The molecule has 5 nitrogen and oxygen atoms in total. The van der Waals surface area contributed by atoms with Crippen molar-refractivity contribution in [2.45, 2.75) is 25.8 Å². The van der Waals surface area contributed by atoms with E-state index >= 15 is 0 Å². The van der Waals surface area contributed by atoms with Crippen molar-refractivity contribution in [3.8, 4) is 0 Å². The standard InChI is InChI=1S/C11H14BrN5/c1-6(7-3-4-7)15-10-8-9(12)16-17(2)11(8)14-5-13-10/h5-7H,3-4H2,1-2H3,(H,13,14,15)/t6-/m0/s1. The summed E-state index contributed by atoms with van der Waals surface area (Å²) < 4.78 is 2.55. The highest BCUT2D eigenvalue weighted by molar-refractivity contribution is 9.10. The maximum atomic E-state index is 4.33. The van der Waals surface area contributed by atoms with Gasteiger partial charge >= 0.3 is 0 Å². The molecule has 0 saturated heterocycles. The molecule has 0 aliphatic heterocycles. The fourth-order valence-electron chi connectivity index (χ4n) is 2.08. The average Bonchev–Trinajstić information content (AvgIpc) is 3.08. The number of nitrogens with one attached hydrogen (secondary N) is 1. The van der Waals surface area contributed by atoms with Crippen molar-refractivity contribution in [1.29, 1.82) is 0 Å². The zero-order valence-electron chi connectivity index (χ0n) is 9.81. The molecule has 1 aliphatic carbocycles. The first-order valence-corrected chi connectivity index (χ1v) is 6.56. The first-order chi connectivity index (χ1) is 8.16. The van der Waals surface area contributed by atoms with E-state index < -0.39 is 0 Å². The van der Waals surface area contributed by atoms with Crippen molar-refractivity contribution in [3.63, 3.8) is 0 Å². The van der Waals surface area contributed by atoms with Gasteiger partial charge in [-0.25, -0.2) is 14.6 Å². The Morgan fingerprint density at radius 3 is 2.94 bits per heavy atom. The topological polar surface area (TPSA) is 55.6 Å². The second kappa shape index (κ2) is 3.94. The Labute approximate surface area is 108 Å². The minimum Gasteiger partial charge on any atom is -0.367 e. The first kappa shape index (κ1) is 11.0. The monoisotopic (exact) mass is 295 g/mol. The van der Waals surface area contributed by atoms with Gasteiger partial charge in [-0.15, -0.1) is 0 Å². The Balaban J connectivity index is 2.03. The molecule has 2 aromatic rings. The number of hydrogen-bond acceptors (Lipinski definition) is 4. The summed E-state index contributed by atoms with van der Waals surface area (Å²) in [6.07, 6.45) is 4.21. The molecule has 0 radical (unpaired) electrons. The molecule has 2 heterocycles. The number of halogens is 1. The Kier molecular flexibility index (Phi) is 2.54. The fraction of sp³-hybridized carbons (Fsp3) is 0.545. The van der Waals surface area contributed by atoms with Crippen LogP contribution in [0.25, 0.3) is 11.0 Å². The predicted molar refractivity (Wildman–Crippen MR) is 69.8 cm³/mol. The van der Waals surface area contributed by atoms with Gasteiger partial charge in [0.25, 0.3) is 0 Å². The summed E-state index contributed by atoms with van der Waals surface area (Å²) in [6.45, 7) is 2.20. The van der Waals surface area contributed by atoms with Crippen molar-refractivity contribution in [2.75, 3.05) is 5.32 Å². The number of aryl methyl sites for hydroxylation is 1. The number of fused-ring (bicyclic) bond motifs is 1. The van der Waals surface area contributed by atoms with E-state index in [1.807, 2.05) is 7.05 Å². The summed E-state index contributed by atoms with van der Waals surface area (Å²) >= 11 is 3.46. The first-order valence-electron chi connectivity index (χ1n) is 5.76. The van der Waals surface area contributed by atoms with Gasteiger partial charge in [-0.2, -0.15) is 5.10 Å². The number of aromatic nitrogens is 4. The molecule has 1 saturated carbocycles. The van der Waals surface area contributed by atoms with Crippen molar-refractivity contribution in [2.24, 2.45) is 13.0 Å². The lowest BCUT2D eigenvalue weighted by Gasteiger charge is -2.13. The normalized spacial score (nSPS) is 17.4. The van der Waals surface area contributed by atoms with Crippen LogP contribution in [0.4, 0.5) is 5.82 Å². The third-order valence-corrected chi connectivity index (χ3v) is 3.83. The maximum absolute atomic E-state index is 4.33. The third-order valence-electron chi connectivity index (χ3n) is 3.27. The molecule has 0 bridgehead atoms. The molecule has 3 rings (SSSR count). The molecular weight excluding hydrogens is 282 g/mol. The van der Waals surface area contributed by atoms with Crippen molar-refractivity contribution in [3.05, 3.63) is 10.9 Å². The van der Waals surface area contributed by atoms with Crippen LogP contribution in [0.15, 0.2) is 10.9 Å². The van der Waals surface area contributed by atoms with E-state index in [4.69, 9.17) is 0 Å². The highest BCUT2D eigenvalue weighted by Crippen LogP contribution is 2.35. The molecule has 1 N–H and O–H groups in total. The molecule has 0 aromatic carbocycles. The Hall–Kier alpha value is -1.17. The Morgan fingerprint density at radius 1 is 1.47 bits per heavy atom. The average molecular weight is 296 g/mol. The predicted octanol–water partition coefficient (Wildman–Crippen LogP) is 2.34. The van der Waals surface area contributed by atoms with Crippen LogP contribution in [-0.2, 0) is 7.05 Å². The molecule has 90 valence electrons. The van der Waals surface area contributed by atoms with Crippen LogP contribution in [0.2, 0.25) is 0 Å². The lowest BCUT2D eigenvalue weighted by Crippen LogP contribution is -2.18. The summed E-state index contributed by atoms with van der Waals surface area (Å²) in [7, 11) is 1.88. The van der Waals surface area contributed by atoms with E-state index in [9.17, 15) is 0 Å². The zero-order chi connectivity index (χ0) is 12.0. The van der Waals surface area contributed by atoms with Gasteiger partial charge in [0.1, 0.15) is 16.7 Å². The molecular formula is C11H14BrN5. The number of anilines is 1. The molecule has 0 spiro atoms. The lowest BCUT2D eigenvalue weighted by atomic mass is 10.2. The number of rotatable bonds is 3. The van der Waals surface area contributed by atoms with Gasteiger partial charge in [0.2, 0.25) is 0 Å². The van der Waals surface area contributed by atoms with Gasteiger partial charge in [0, 0.05) is 13.1 Å². The third kappa shape index (κ3) is 1.90. The number of hydrogen-bond donors (Lipinski definition) is 1. The van der Waals surface area contributed by atoms with Crippen LogP contribution < -0.4 is 5.32 Å². The smallest absolute Gasteiger partial charge is 0.164 e. The van der Waals surface area contributed by atoms with E-state index in [-0.39, 0.29) is 0 Å². The molecule has 1 atom stereocenters. The molecule has 17 heavy (non-hydrogen) atoms. The summed E-state index contributed by atoms with van der Waals surface area (Å²) in [5, 5.41) is 8.74. The van der Waals surface area contributed by atoms with Gasteiger partial charge in [-0.1, -0.05) is 0 Å². The second-order valence-corrected chi connectivity index (χ2v) is 5.36. The van der Waals surface area contributed by atoms with Gasteiger partial charge in [0.05, 0.1) is 5.39 Å². The summed E-state index contributed by atoms with van der Waals surface area (Å²) in [5.41, 5.74) is 0.845. The summed E-state index contributed by atoms with van der Waals surface area (Å²) in [4.78, 5) is 8.58. The Bertz CT molecular complexity index is 560. The zero-order valence-corrected chi connectivity index (χ0v) is 11.4. The summed E-state index contributed by atoms with van der Waals surface area (Å²) in [5.74, 6) is 1.66. The van der Waals surface area contributed by atoms with Gasteiger partial charge < -0.3 is 5.32 Å². The maximum Gasteiger partial charge on any atom is 0.164 e. The van der Waals surface area contributed by atoms with E-state index in [1.54, 1.807) is 11.0 Å². The van der Waals surface area contributed by atoms with E-state index in [2.05, 4.69) is 43.2 Å². The molecule has 0 amide bonds. The largest absolute Gasteiger partial charge is 0.367 e. The molecule has 2 aromatic heterocycles. The minimum atomic E-state index is 0.459. The Morgan fingerprint density at radius 2 is 2.24 bits per heavy atom. The van der Waals surface area contributed by atoms with Crippen LogP contribution in [-0.4, -0.2) is 25.8 Å². The van der Waals surface area contributed by atoms with Crippen LogP contribution >= 0.6 is 15.9 Å². The van der Waals surface area contributed by atoms with E-state index in [0.717, 1.165) is 27.4 Å². The van der Waals surface area contributed by atoms with Crippen molar-refractivity contribution in [1.82, 2.24) is 19.7 Å². The minimum absolute atomic E-state index is 0.459. The van der Waals surface area contributed by atoms with Crippen molar-refractivity contribution >= 4 is 32.8 Å². The van der Waals surface area contributed by atoms with E-state index in [1.165, 1.54) is 12.8 Å². The van der Waals surface area contributed by atoms with Crippen molar-refractivity contribution < 1.29 is 0 Å². The highest BCUT2D eigenvalue weighted by atomic mass is 79.9. The van der Waals surface area contributed by atoms with Gasteiger partial charge in [-0.05, 0) is 41.6 Å². The SMILES string of the molecule is C[C@H](Nc1ncnc2c1c(Br)nn2C)C1CC1. The van der Waals surface area contributed by atoms with Crippen LogP contribution in [0.5, 0.6) is 0 Å². The highest BCUT2D eigenvalue weighted by Gasteiger charge is 2.28. The van der Waals surface area contributed by atoms with Gasteiger partial charge in [0.15, 0.2) is 5.65 Å². The van der Waals surface area contributed by atoms with Crippen LogP contribution in [0.3, 0.4) is 0 Å². The van der Waals surface area contributed by atoms with E-state index in [0.29, 0.717) is 6.04 Å². The molecule has 0 unspecified atom stereocenters. The van der Waals surface area contributed by atoms with Crippen LogP contribution in [0, 0.1) is 5.92 Å². The van der Waals surface area contributed by atoms with Crippen LogP contribution in [0.1, 0.15) is 19.8 Å². The molecule has 1 fully saturated rings.